The zero-order chi connectivity index (χ0) is 30.4. The zero-order valence-corrected chi connectivity index (χ0v) is 28.2. The Morgan fingerprint density at radius 2 is 0.927 bits per heavy atom. The third-order valence-electron chi connectivity index (χ3n) is 5.77. The molecule has 0 saturated carbocycles. The average molecular weight is 621 g/mol. The molecule has 0 spiro atoms. The van der Waals surface area contributed by atoms with E-state index in [4.69, 9.17) is 48.0 Å². The van der Waals surface area contributed by atoms with Crippen molar-refractivity contribution in [1.82, 2.24) is 15.0 Å². The Kier molecular flexibility index (Phi) is 20.3. The van der Waals surface area contributed by atoms with Crippen molar-refractivity contribution in [3.8, 4) is 0 Å². The minimum Gasteiger partial charge on any atom is -0.374 e. The van der Waals surface area contributed by atoms with Gasteiger partial charge in [0.1, 0.15) is 0 Å². The van der Waals surface area contributed by atoms with Crippen molar-refractivity contribution >= 4 is 35.5 Å². The highest BCUT2D eigenvalue weighted by Gasteiger charge is 2.41. The van der Waals surface area contributed by atoms with E-state index in [9.17, 15) is 0 Å². The molecule has 16 heteroatoms. The maximum atomic E-state index is 6.08. The largest absolute Gasteiger partial charge is 0.500 e. The number of nitrogens with two attached hydrogens (primary N) is 2. The molecule has 0 unspecified atom stereocenters. The molecule has 0 bridgehead atoms. The second-order valence-corrected chi connectivity index (χ2v) is 14.3. The molecule has 0 fully saturated rings. The van der Waals surface area contributed by atoms with Crippen LogP contribution in [0, 0.1) is 0 Å². The summed E-state index contributed by atoms with van der Waals surface area (Å²) in [7, 11) is -5.60. The van der Waals surface area contributed by atoms with Crippen LogP contribution in [0.3, 0.4) is 0 Å². The first kappa shape index (κ1) is 37.5. The normalized spacial score (nSPS) is 12.1. The Bertz CT molecular complexity index is 712. The van der Waals surface area contributed by atoms with Crippen LogP contribution in [0.15, 0.2) is 0 Å². The number of aromatic nitrogens is 3. The molecule has 0 aliphatic carbocycles. The van der Waals surface area contributed by atoms with Crippen molar-refractivity contribution in [3.63, 3.8) is 0 Å². The predicted molar refractivity (Wildman–Crippen MR) is 167 cm³/mol. The molecule has 0 aliphatic rings. The third kappa shape index (κ3) is 14.0. The lowest BCUT2D eigenvalue weighted by Gasteiger charge is -2.31. The Labute approximate surface area is 249 Å². The molecule has 0 radical (unpaired) electrons. The van der Waals surface area contributed by atoms with E-state index in [0.29, 0.717) is 109 Å². The van der Waals surface area contributed by atoms with Gasteiger partial charge in [0.2, 0.25) is 17.8 Å². The standard InChI is InChI=1S/C25H56N8O6Si2/c1-7-34-40(35-8-2,36-9-3)21-13-19-33(20-14-22-41(37-10-4,38-11-5)39-12-6)25-31-23(28-17-15-26)30-24(32-25)29-18-16-27/h7-22,26-27H2,1-6H3,(H2,28,29,30,31,32). The fraction of sp³-hybridized carbons (Fsp3) is 0.880. The smallest absolute Gasteiger partial charge is 0.374 e. The fourth-order valence-corrected chi connectivity index (χ4v) is 9.51. The van der Waals surface area contributed by atoms with E-state index in [1.807, 2.05) is 41.5 Å². The van der Waals surface area contributed by atoms with E-state index in [1.165, 1.54) is 0 Å². The lowest BCUT2D eigenvalue weighted by atomic mass is 10.3. The molecular formula is C25H56N8O6Si2. The molecule has 1 heterocycles. The van der Waals surface area contributed by atoms with Crippen LogP contribution >= 0.6 is 0 Å². The summed E-state index contributed by atoms with van der Waals surface area (Å²) in [5, 5.41) is 6.35. The minimum atomic E-state index is -2.80. The van der Waals surface area contributed by atoms with Crippen LogP contribution in [-0.4, -0.2) is 111 Å². The Morgan fingerprint density at radius 3 is 1.22 bits per heavy atom. The summed E-state index contributed by atoms with van der Waals surface area (Å²) in [5.74, 6) is 1.45. The van der Waals surface area contributed by atoms with Gasteiger partial charge in [-0.2, -0.15) is 15.0 Å². The van der Waals surface area contributed by atoms with Gasteiger partial charge in [0.05, 0.1) is 0 Å². The number of hydrogen-bond donors (Lipinski definition) is 4. The monoisotopic (exact) mass is 620 g/mol. The van der Waals surface area contributed by atoms with E-state index < -0.39 is 17.6 Å². The lowest BCUT2D eigenvalue weighted by molar-refractivity contribution is 0.0705. The molecule has 0 atom stereocenters. The van der Waals surface area contributed by atoms with Crippen molar-refractivity contribution in [3.05, 3.63) is 0 Å². The molecule has 0 aromatic carbocycles. The van der Waals surface area contributed by atoms with Gasteiger partial charge in [0.25, 0.3) is 0 Å². The first-order chi connectivity index (χ1) is 19.9. The lowest BCUT2D eigenvalue weighted by Crippen LogP contribution is -2.47. The Hall–Kier alpha value is -1.48. The molecule has 14 nitrogen and oxygen atoms in total. The first-order valence-electron chi connectivity index (χ1n) is 15.1. The molecule has 0 aliphatic heterocycles. The van der Waals surface area contributed by atoms with Crippen LogP contribution in [-0.2, 0) is 26.6 Å². The summed E-state index contributed by atoms with van der Waals surface area (Å²) < 4.78 is 36.5. The van der Waals surface area contributed by atoms with Crippen molar-refractivity contribution in [2.75, 3.05) is 94.4 Å². The Morgan fingerprint density at radius 1 is 0.585 bits per heavy atom. The second-order valence-electron chi connectivity index (χ2n) is 8.87. The van der Waals surface area contributed by atoms with Crippen molar-refractivity contribution < 1.29 is 26.6 Å². The summed E-state index contributed by atoms with van der Waals surface area (Å²) in [6, 6.07) is 1.35. The van der Waals surface area contributed by atoms with Gasteiger partial charge < -0.3 is 53.6 Å². The summed E-state index contributed by atoms with van der Waals surface area (Å²) in [4.78, 5) is 16.1. The topological polar surface area (TPSA) is 173 Å². The van der Waals surface area contributed by atoms with Crippen LogP contribution in [0.1, 0.15) is 54.4 Å². The van der Waals surface area contributed by atoms with Gasteiger partial charge >= 0.3 is 17.6 Å². The summed E-state index contributed by atoms with van der Waals surface area (Å²) in [6.07, 6.45) is 1.53. The van der Waals surface area contributed by atoms with Crippen molar-refractivity contribution in [2.45, 2.75) is 66.5 Å². The highest BCUT2D eigenvalue weighted by atomic mass is 28.4. The predicted octanol–water partition coefficient (Wildman–Crippen LogP) is 2.30. The molecule has 0 amide bonds. The molecule has 41 heavy (non-hydrogen) atoms. The number of nitrogens with one attached hydrogen (secondary N) is 2. The van der Waals surface area contributed by atoms with Crippen LogP contribution in [0.2, 0.25) is 12.1 Å². The van der Waals surface area contributed by atoms with Gasteiger partial charge in [0, 0.05) is 91.0 Å². The van der Waals surface area contributed by atoms with E-state index in [1.54, 1.807) is 0 Å². The van der Waals surface area contributed by atoms with Gasteiger partial charge in [-0.1, -0.05) is 0 Å². The van der Waals surface area contributed by atoms with Gasteiger partial charge in [0.15, 0.2) is 0 Å². The summed E-state index contributed by atoms with van der Waals surface area (Å²) in [6.45, 7) is 18.3. The quantitative estimate of drug-likeness (QED) is 0.105. The van der Waals surface area contributed by atoms with Gasteiger partial charge in [-0.15, -0.1) is 0 Å². The minimum absolute atomic E-state index is 0.452. The molecule has 1 aromatic rings. The van der Waals surface area contributed by atoms with Crippen LogP contribution in [0.25, 0.3) is 0 Å². The molecule has 0 saturated heterocycles. The van der Waals surface area contributed by atoms with Crippen LogP contribution < -0.4 is 27.0 Å². The second kappa shape index (κ2) is 22.1. The van der Waals surface area contributed by atoms with Crippen LogP contribution in [0.4, 0.5) is 17.8 Å². The molecule has 6 N–H and O–H groups in total. The SMILES string of the molecule is CCO[Si](CCCN(CCC[Si](OCC)(OCC)OCC)c1nc(NCCN)nc(NCCN)n1)(OCC)OCC. The fourth-order valence-electron chi connectivity index (χ4n) is 4.32. The molecule has 1 aromatic heterocycles. The summed E-state index contributed by atoms with van der Waals surface area (Å²) in [5.41, 5.74) is 11.4. The first-order valence-corrected chi connectivity index (χ1v) is 19.0. The summed E-state index contributed by atoms with van der Waals surface area (Å²) >= 11 is 0. The number of anilines is 3. The van der Waals surface area contributed by atoms with Crippen molar-refractivity contribution in [2.24, 2.45) is 11.5 Å². The average Bonchev–Trinajstić information content (AvgIpc) is 2.95. The molecule has 1 rings (SSSR count). The van der Waals surface area contributed by atoms with Crippen LogP contribution in [0.5, 0.6) is 0 Å². The van der Waals surface area contributed by atoms with Crippen molar-refractivity contribution in [1.29, 1.82) is 0 Å². The van der Waals surface area contributed by atoms with E-state index in [0.717, 1.165) is 12.8 Å². The van der Waals surface area contributed by atoms with Gasteiger partial charge in [-0.25, -0.2) is 0 Å². The highest BCUT2D eigenvalue weighted by Crippen LogP contribution is 2.23. The number of hydrogen-bond acceptors (Lipinski definition) is 14. The zero-order valence-electron chi connectivity index (χ0n) is 26.2. The number of rotatable bonds is 27. The van der Waals surface area contributed by atoms with E-state index in [-0.39, 0.29) is 0 Å². The molecule has 240 valence electrons. The van der Waals surface area contributed by atoms with Gasteiger partial charge in [-0.3, -0.25) is 0 Å². The van der Waals surface area contributed by atoms with Gasteiger partial charge in [-0.05, 0) is 54.4 Å². The maximum Gasteiger partial charge on any atom is 0.500 e. The maximum absolute atomic E-state index is 6.08. The highest BCUT2D eigenvalue weighted by molar-refractivity contribution is 6.61. The number of nitrogens with zero attached hydrogens (tertiary/aromatic N) is 4. The van der Waals surface area contributed by atoms with E-state index in [2.05, 4.69) is 20.5 Å². The molecular weight excluding hydrogens is 564 g/mol. The Balaban J connectivity index is 3.26. The van der Waals surface area contributed by atoms with E-state index >= 15 is 0 Å². The third-order valence-corrected chi connectivity index (χ3v) is 12.1.